The van der Waals surface area contributed by atoms with Crippen LogP contribution in [0.25, 0.3) is 21.0 Å². The molecular weight excluding hydrogens is 372 g/mol. The summed E-state index contributed by atoms with van der Waals surface area (Å²) in [5, 5.41) is 2.84. The average Bonchev–Trinajstić information content (AvgIpc) is 2.97. The van der Waals surface area contributed by atoms with Crippen LogP contribution in [0.5, 0.6) is 0 Å². The third kappa shape index (κ3) is 3.57. The smallest absolute Gasteiger partial charge is 0.279 e. The van der Waals surface area contributed by atoms with Gasteiger partial charge in [-0.25, -0.2) is 0 Å². The Morgan fingerprint density at radius 3 is 2.70 bits per heavy atom. The summed E-state index contributed by atoms with van der Waals surface area (Å²) in [6.07, 6.45) is 0. The number of thioether (sulfide) groups is 1. The van der Waals surface area contributed by atoms with Gasteiger partial charge in [-0.1, -0.05) is 61.6 Å². The zero-order chi connectivity index (χ0) is 19.0. The monoisotopic (exact) mass is 392 g/mol. The first-order valence-electron chi connectivity index (χ1n) is 8.86. The van der Waals surface area contributed by atoms with Crippen molar-refractivity contribution in [3.63, 3.8) is 0 Å². The zero-order valence-electron chi connectivity index (χ0n) is 15.5. The molecule has 0 spiro atoms. The quantitative estimate of drug-likeness (QED) is 0.423. The molecule has 0 bridgehead atoms. The van der Waals surface area contributed by atoms with E-state index in [9.17, 15) is 4.79 Å². The van der Waals surface area contributed by atoms with E-state index in [-0.39, 0.29) is 5.91 Å². The maximum absolute atomic E-state index is 12.8. The number of carbonyl (C=O) groups excluding carboxylic acids is 1. The number of aromatic nitrogens is 1. The van der Waals surface area contributed by atoms with Gasteiger partial charge in [0.05, 0.1) is 10.2 Å². The number of benzene rings is 3. The number of nitrogens with zero attached hydrogens (tertiary/aromatic N) is 2. The maximum atomic E-state index is 12.8. The minimum Gasteiger partial charge on any atom is -0.319 e. The van der Waals surface area contributed by atoms with Gasteiger partial charge in [0, 0.05) is 28.1 Å². The molecule has 0 unspecified atom stereocenters. The van der Waals surface area contributed by atoms with E-state index in [1.165, 1.54) is 10.8 Å². The molecule has 0 fully saturated rings. The van der Waals surface area contributed by atoms with Crippen LogP contribution in [-0.2, 0) is 7.05 Å². The predicted molar refractivity (Wildman–Crippen MR) is 116 cm³/mol. The number of hydrogen-bond acceptors (Lipinski definition) is 3. The molecule has 3 nitrogen and oxygen atoms in total. The van der Waals surface area contributed by atoms with Crippen molar-refractivity contribution in [1.29, 1.82) is 0 Å². The molecule has 1 heterocycles. The lowest BCUT2D eigenvalue weighted by molar-refractivity contribution is 0.0997. The van der Waals surface area contributed by atoms with E-state index in [2.05, 4.69) is 43.1 Å². The second-order valence-electron chi connectivity index (χ2n) is 6.69. The second kappa shape index (κ2) is 7.33. The number of aryl methyl sites for hydroxylation is 1. The topological polar surface area (TPSA) is 34.4 Å². The summed E-state index contributed by atoms with van der Waals surface area (Å²) in [6, 6.07) is 20.2. The Bertz CT molecular complexity index is 1220. The molecule has 0 aliphatic carbocycles. The summed E-state index contributed by atoms with van der Waals surface area (Å²) in [5.41, 5.74) is 1.75. The first-order valence-corrected chi connectivity index (χ1v) is 10.6. The van der Waals surface area contributed by atoms with Crippen molar-refractivity contribution >= 4 is 50.0 Å². The molecule has 5 heteroatoms. The van der Waals surface area contributed by atoms with Crippen molar-refractivity contribution in [2.24, 2.45) is 12.0 Å². The molecule has 4 rings (SSSR count). The normalized spacial score (nSPS) is 12.4. The lowest BCUT2D eigenvalue weighted by Crippen LogP contribution is -2.13. The maximum Gasteiger partial charge on any atom is 0.279 e. The number of hydrogen-bond donors (Lipinski definition) is 0. The number of amides is 1. The number of carbonyl (C=O) groups is 1. The molecule has 4 aromatic rings. The highest BCUT2D eigenvalue weighted by Gasteiger charge is 2.10. The Balaban J connectivity index is 1.80. The highest BCUT2D eigenvalue weighted by molar-refractivity contribution is 7.99. The molecule has 0 N–H and O–H groups in total. The van der Waals surface area contributed by atoms with Gasteiger partial charge in [-0.15, -0.1) is 11.8 Å². The first-order chi connectivity index (χ1) is 13.0. The van der Waals surface area contributed by atoms with Crippen LogP contribution in [0.15, 0.2) is 70.6 Å². The van der Waals surface area contributed by atoms with Gasteiger partial charge < -0.3 is 4.57 Å². The van der Waals surface area contributed by atoms with Crippen molar-refractivity contribution in [3.8, 4) is 0 Å². The summed E-state index contributed by atoms with van der Waals surface area (Å²) < 4.78 is 3.15. The van der Waals surface area contributed by atoms with Gasteiger partial charge in [0.15, 0.2) is 4.80 Å². The molecule has 0 radical (unpaired) electrons. The van der Waals surface area contributed by atoms with E-state index in [1.807, 2.05) is 48.0 Å². The molecule has 27 heavy (non-hydrogen) atoms. The largest absolute Gasteiger partial charge is 0.319 e. The Kier molecular flexibility index (Phi) is 4.89. The summed E-state index contributed by atoms with van der Waals surface area (Å²) in [6.45, 7) is 4.29. The van der Waals surface area contributed by atoms with Gasteiger partial charge in [0.25, 0.3) is 5.91 Å². The summed E-state index contributed by atoms with van der Waals surface area (Å²) in [7, 11) is 1.97. The molecule has 0 atom stereocenters. The molecule has 0 aliphatic heterocycles. The van der Waals surface area contributed by atoms with Crippen molar-refractivity contribution in [3.05, 3.63) is 71.0 Å². The molecule has 0 saturated carbocycles. The fraction of sp³-hybridized carbons (Fsp3) is 0.182. The Hall–Kier alpha value is -2.37. The van der Waals surface area contributed by atoms with Crippen LogP contribution in [0.2, 0.25) is 0 Å². The van der Waals surface area contributed by atoms with Crippen LogP contribution in [0.1, 0.15) is 24.2 Å². The molecule has 1 amide bonds. The minimum absolute atomic E-state index is 0.201. The third-order valence-corrected chi connectivity index (χ3v) is 6.43. The Morgan fingerprint density at radius 1 is 1.07 bits per heavy atom. The SMILES string of the molecule is CC(C)Sc1cccc(C(=O)N=c2sc3ccc4ccccc4c3n2C)c1. The molecule has 0 saturated heterocycles. The molecule has 1 aromatic heterocycles. The van der Waals surface area contributed by atoms with Gasteiger partial charge in [0.2, 0.25) is 0 Å². The minimum atomic E-state index is -0.201. The number of thiazole rings is 1. The van der Waals surface area contributed by atoms with Gasteiger partial charge in [0.1, 0.15) is 0 Å². The standard InChI is InChI=1S/C22H20N2OS2/c1-14(2)26-17-9-6-8-16(13-17)21(25)23-22-24(3)20-18-10-5-4-7-15(18)11-12-19(20)27-22/h4-14H,1-3H3. The van der Waals surface area contributed by atoms with Crippen LogP contribution >= 0.6 is 23.1 Å². The average molecular weight is 393 g/mol. The van der Waals surface area contributed by atoms with Gasteiger partial charge in [-0.2, -0.15) is 4.99 Å². The number of fused-ring (bicyclic) bond motifs is 3. The lowest BCUT2D eigenvalue weighted by atomic mass is 10.1. The summed E-state index contributed by atoms with van der Waals surface area (Å²) in [5.74, 6) is -0.201. The molecular formula is C22H20N2OS2. The summed E-state index contributed by atoms with van der Waals surface area (Å²) in [4.78, 5) is 19.0. The van der Waals surface area contributed by atoms with Crippen LogP contribution in [0.4, 0.5) is 0 Å². The third-order valence-electron chi connectivity index (χ3n) is 4.34. The highest BCUT2D eigenvalue weighted by Crippen LogP contribution is 2.27. The van der Waals surface area contributed by atoms with Gasteiger partial charge >= 0.3 is 0 Å². The van der Waals surface area contributed by atoms with Crippen LogP contribution in [0, 0.1) is 0 Å². The van der Waals surface area contributed by atoms with E-state index in [1.54, 1.807) is 23.1 Å². The van der Waals surface area contributed by atoms with Crippen LogP contribution in [-0.4, -0.2) is 15.7 Å². The number of rotatable bonds is 3. The van der Waals surface area contributed by atoms with E-state index >= 15 is 0 Å². The molecule has 3 aromatic carbocycles. The van der Waals surface area contributed by atoms with Gasteiger partial charge in [-0.05, 0) is 29.7 Å². The van der Waals surface area contributed by atoms with Crippen LogP contribution in [0.3, 0.4) is 0 Å². The zero-order valence-corrected chi connectivity index (χ0v) is 17.1. The molecule has 136 valence electrons. The van der Waals surface area contributed by atoms with E-state index < -0.39 is 0 Å². The first kappa shape index (κ1) is 18.0. The van der Waals surface area contributed by atoms with Crippen molar-refractivity contribution in [1.82, 2.24) is 4.57 Å². The van der Waals surface area contributed by atoms with Crippen LogP contribution < -0.4 is 4.80 Å². The predicted octanol–water partition coefficient (Wildman–Crippen LogP) is 5.63. The van der Waals surface area contributed by atoms with Crippen molar-refractivity contribution < 1.29 is 4.79 Å². The summed E-state index contributed by atoms with van der Waals surface area (Å²) >= 11 is 3.30. The highest BCUT2D eigenvalue weighted by atomic mass is 32.2. The second-order valence-corrected chi connectivity index (χ2v) is 9.35. The lowest BCUT2D eigenvalue weighted by Gasteiger charge is -2.05. The van der Waals surface area contributed by atoms with Crippen molar-refractivity contribution in [2.45, 2.75) is 24.0 Å². The van der Waals surface area contributed by atoms with E-state index in [0.717, 1.165) is 15.1 Å². The van der Waals surface area contributed by atoms with Gasteiger partial charge in [-0.3, -0.25) is 4.79 Å². The van der Waals surface area contributed by atoms with Crippen molar-refractivity contribution in [2.75, 3.05) is 0 Å². The fourth-order valence-electron chi connectivity index (χ4n) is 3.15. The fourth-order valence-corrected chi connectivity index (χ4v) is 5.08. The molecule has 0 aliphatic rings. The Labute approximate surface area is 166 Å². The van der Waals surface area contributed by atoms with E-state index in [4.69, 9.17) is 0 Å². The Morgan fingerprint density at radius 2 is 1.89 bits per heavy atom. The van der Waals surface area contributed by atoms with E-state index in [0.29, 0.717) is 15.6 Å².